The highest BCUT2D eigenvalue weighted by molar-refractivity contribution is 9.10. The van der Waals surface area contributed by atoms with Gasteiger partial charge in [0.05, 0.1) is 5.69 Å². The average molecular weight is 306 g/mol. The molecule has 0 unspecified atom stereocenters. The molecule has 3 aromatic rings. The van der Waals surface area contributed by atoms with Gasteiger partial charge in [-0.15, -0.1) is 0 Å². The Hall–Kier alpha value is -2.08. The van der Waals surface area contributed by atoms with E-state index in [1.54, 1.807) is 30.6 Å². The van der Waals surface area contributed by atoms with Crippen LogP contribution < -0.4 is 5.32 Å². The molecule has 0 bridgehead atoms. The molecule has 0 aliphatic carbocycles. The number of hydrogen-bond acceptors (Lipinski definition) is 3. The first-order valence-electron chi connectivity index (χ1n) is 5.22. The summed E-state index contributed by atoms with van der Waals surface area (Å²) < 4.78 is 7.53. The van der Waals surface area contributed by atoms with E-state index >= 15 is 0 Å². The lowest BCUT2D eigenvalue weighted by molar-refractivity contribution is 0.0995. The second kappa shape index (κ2) is 4.30. The van der Waals surface area contributed by atoms with Gasteiger partial charge in [-0.05, 0) is 40.2 Å². The molecule has 0 aromatic carbocycles. The van der Waals surface area contributed by atoms with Crippen LogP contribution in [0.1, 0.15) is 10.6 Å². The molecule has 3 rings (SSSR count). The molecule has 3 aromatic heterocycles. The Morgan fingerprint density at radius 2 is 2.22 bits per heavy atom. The Morgan fingerprint density at radius 1 is 1.33 bits per heavy atom. The summed E-state index contributed by atoms with van der Waals surface area (Å²) in [6.07, 6.45) is 5.30. The molecule has 1 N–H and O–H groups in total. The molecule has 90 valence electrons. The number of carbonyl (C=O) groups is 1. The molecule has 0 aliphatic heterocycles. The van der Waals surface area contributed by atoms with Gasteiger partial charge in [-0.3, -0.25) is 4.79 Å². The number of halogens is 1. The van der Waals surface area contributed by atoms with Crippen LogP contribution in [0.2, 0.25) is 0 Å². The van der Waals surface area contributed by atoms with Gasteiger partial charge in [-0.25, -0.2) is 4.98 Å². The number of furan rings is 1. The van der Waals surface area contributed by atoms with Crippen molar-refractivity contribution in [1.82, 2.24) is 9.38 Å². The molecule has 0 radical (unpaired) electrons. The second-order valence-corrected chi connectivity index (χ2v) is 4.45. The normalized spacial score (nSPS) is 10.7. The first-order chi connectivity index (χ1) is 8.72. The van der Waals surface area contributed by atoms with Crippen molar-refractivity contribution in [3.8, 4) is 0 Å². The lowest BCUT2D eigenvalue weighted by Crippen LogP contribution is -2.11. The molecular weight excluding hydrogens is 298 g/mol. The number of imidazole rings is 1. The fourth-order valence-electron chi connectivity index (χ4n) is 1.62. The van der Waals surface area contributed by atoms with Gasteiger partial charge in [0, 0.05) is 18.6 Å². The molecule has 0 saturated carbocycles. The van der Waals surface area contributed by atoms with E-state index in [1.165, 1.54) is 0 Å². The van der Waals surface area contributed by atoms with Gasteiger partial charge in [0.15, 0.2) is 10.4 Å². The van der Waals surface area contributed by atoms with Crippen LogP contribution in [0, 0.1) is 0 Å². The number of aromatic nitrogens is 2. The Morgan fingerprint density at radius 3 is 3.00 bits per heavy atom. The van der Waals surface area contributed by atoms with E-state index in [0.29, 0.717) is 10.4 Å². The molecule has 0 fully saturated rings. The Kier molecular flexibility index (Phi) is 2.64. The van der Waals surface area contributed by atoms with Crippen LogP contribution in [0.15, 0.2) is 51.9 Å². The number of anilines is 1. The maximum absolute atomic E-state index is 11.9. The van der Waals surface area contributed by atoms with Crippen molar-refractivity contribution in [1.29, 1.82) is 0 Å². The van der Waals surface area contributed by atoms with E-state index in [9.17, 15) is 4.79 Å². The zero-order valence-electron chi connectivity index (χ0n) is 9.13. The van der Waals surface area contributed by atoms with Crippen molar-refractivity contribution in [2.45, 2.75) is 0 Å². The topological polar surface area (TPSA) is 59.5 Å². The number of amides is 1. The lowest BCUT2D eigenvalue weighted by Gasteiger charge is -2.03. The van der Waals surface area contributed by atoms with Gasteiger partial charge in [0.25, 0.3) is 5.91 Å². The average Bonchev–Trinajstić information content (AvgIpc) is 2.96. The van der Waals surface area contributed by atoms with Crippen molar-refractivity contribution >= 4 is 33.2 Å². The number of nitrogens with zero attached hydrogens (tertiary/aromatic N) is 2. The van der Waals surface area contributed by atoms with Gasteiger partial charge in [-0.2, -0.15) is 0 Å². The third-order valence-electron chi connectivity index (χ3n) is 2.44. The summed E-state index contributed by atoms with van der Waals surface area (Å²) in [5.41, 5.74) is 1.51. The second-order valence-electron chi connectivity index (χ2n) is 3.67. The minimum atomic E-state index is -0.292. The van der Waals surface area contributed by atoms with Gasteiger partial charge in [-0.1, -0.05) is 0 Å². The van der Waals surface area contributed by atoms with Crippen LogP contribution in [0.25, 0.3) is 5.65 Å². The van der Waals surface area contributed by atoms with Crippen LogP contribution in [0.5, 0.6) is 0 Å². The highest BCUT2D eigenvalue weighted by Gasteiger charge is 2.10. The van der Waals surface area contributed by atoms with Crippen LogP contribution in [0.3, 0.4) is 0 Å². The third-order valence-corrected chi connectivity index (χ3v) is 2.87. The first-order valence-corrected chi connectivity index (χ1v) is 6.01. The highest BCUT2D eigenvalue weighted by atomic mass is 79.9. The minimum absolute atomic E-state index is 0.257. The van der Waals surface area contributed by atoms with Gasteiger partial charge < -0.3 is 14.1 Å². The molecular formula is C12H8BrN3O2. The molecule has 1 amide bonds. The molecule has 6 heteroatoms. The van der Waals surface area contributed by atoms with Crippen LogP contribution in [-0.4, -0.2) is 15.3 Å². The van der Waals surface area contributed by atoms with Crippen LogP contribution in [-0.2, 0) is 0 Å². The molecule has 0 atom stereocenters. The standard InChI is InChI=1S/C12H8BrN3O2/c13-10-3-2-9(18-10)12(17)15-8-1-4-11-14-5-6-16(11)7-8/h1-7H,(H,15,17). The van der Waals surface area contributed by atoms with Crippen molar-refractivity contribution < 1.29 is 9.21 Å². The smallest absolute Gasteiger partial charge is 0.291 e. The number of nitrogens with one attached hydrogen (secondary N) is 1. The third kappa shape index (κ3) is 2.02. The molecule has 18 heavy (non-hydrogen) atoms. The van der Waals surface area contributed by atoms with Gasteiger partial charge in [0.1, 0.15) is 5.65 Å². The zero-order chi connectivity index (χ0) is 12.5. The Balaban J connectivity index is 1.85. The van der Waals surface area contributed by atoms with E-state index in [1.807, 2.05) is 16.7 Å². The SMILES string of the molecule is O=C(Nc1ccc2nccn2c1)c1ccc(Br)o1. The van der Waals surface area contributed by atoms with Crippen molar-refractivity contribution in [3.63, 3.8) is 0 Å². The van der Waals surface area contributed by atoms with E-state index < -0.39 is 0 Å². The first kappa shape index (κ1) is 11.0. The number of fused-ring (bicyclic) bond motifs is 1. The van der Waals surface area contributed by atoms with Crippen LogP contribution >= 0.6 is 15.9 Å². The predicted octanol–water partition coefficient (Wildman–Crippen LogP) is 2.94. The quantitative estimate of drug-likeness (QED) is 0.792. The van der Waals surface area contributed by atoms with E-state index in [4.69, 9.17) is 4.42 Å². The molecule has 3 heterocycles. The summed E-state index contributed by atoms with van der Waals surface area (Å²) in [7, 11) is 0. The monoisotopic (exact) mass is 305 g/mol. The fraction of sp³-hybridized carbons (Fsp3) is 0. The predicted molar refractivity (Wildman–Crippen MR) is 69.6 cm³/mol. The van der Waals surface area contributed by atoms with Crippen molar-refractivity contribution in [3.05, 3.63) is 53.3 Å². The van der Waals surface area contributed by atoms with Crippen LogP contribution in [0.4, 0.5) is 5.69 Å². The zero-order valence-corrected chi connectivity index (χ0v) is 10.7. The molecule has 0 saturated heterocycles. The minimum Gasteiger partial charge on any atom is -0.444 e. The van der Waals surface area contributed by atoms with Crippen molar-refractivity contribution in [2.24, 2.45) is 0 Å². The summed E-state index contributed by atoms with van der Waals surface area (Å²) in [5.74, 6) is -0.0345. The summed E-state index contributed by atoms with van der Waals surface area (Å²) in [5, 5.41) is 2.75. The summed E-state index contributed by atoms with van der Waals surface area (Å²) in [6.45, 7) is 0. The van der Waals surface area contributed by atoms with E-state index in [0.717, 1.165) is 5.65 Å². The number of rotatable bonds is 2. The van der Waals surface area contributed by atoms with Gasteiger partial charge >= 0.3 is 0 Å². The number of carbonyl (C=O) groups excluding carboxylic acids is 1. The maximum Gasteiger partial charge on any atom is 0.291 e. The Labute approximate surface area is 111 Å². The fourth-order valence-corrected chi connectivity index (χ4v) is 1.93. The summed E-state index contributed by atoms with van der Waals surface area (Å²) in [4.78, 5) is 16.0. The molecule has 0 aliphatic rings. The maximum atomic E-state index is 11.9. The van der Waals surface area contributed by atoms with E-state index in [-0.39, 0.29) is 11.7 Å². The molecule has 5 nitrogen and oxygen atoms in total. The largest absolute Gasteiger partial charge is 0.444 e. The Bertz CT molecular complexity index is 717. The number of pyridine rings is 1. The summed E-state index contributed by atoms with van der Waals surface area (Å²) in [6, 6.07) is 6.90. The lowest BCUT2D eigenvalue weighted by atomic mass is 10.3. The summed E-state index contributed by atoms with van der Waals surface area (Å²) >= 11 is 3.15. The highest BCUT2D eigenvalue weighted by Crippen LogP contribution is 2.16. The van der Waals surface area contributed by atoms with Crippen molar-refractivity contribution in [2.75, 3.05) is 5.32 Å². The number of hydrogen-bond donors (Lipinski definition) is 1. The van der Waals surface area contributed by atoms with Gasteiger partial charge in [0.2, 0.25) is 0 Å². The molecule has 0 spiro atoms. The van der Waals surface area contributed by atoms with E-state index in [2.05, 4.69) is 26.2 Å².